The molecule has 140 valence electrons. The molecule has 0 aliphatic heterocycles. The van der Waals surface area contributed by atoms with Crippen molar-refractivity contribution < 1.29 is 9.53 Å². The van der Waals surface area contributed by atoms with Crippen molar-refractivity contribution in [2.45, 2.75) is 34.6 Å². The largest absolute Gasteiger partial charge is 0.483 e. The van der Waals surface area contributed by atoms with E-state index in [-0.39, 0.29) is 12.5 Å². The summed E-state index contributed by atoms with van der Waals surface area (Å²) < 4.78 is 5.71. The highest BCUT2D eigenvalue weighted by molar-refractivity contribution is 7.14. The molecule has 0 fully saturated rings. The molecule has 27 heavy (non-hydrogen) atoms. The van der Waals surface area contributed by atoms with E-state index in [1.165, 1.54) is 28.0 Å². The van der Waals surface area contributed by atoms with Crippen LogP contribution >= 0.6 is 11.3 Å². The summed E-state index contributed by atoms with van der Waals surface area (Å²) in [6.07, 6.45) is 0. The Kier molecular flexibility index (Phi) is 5.61. The molecule has 0 saturated carbocycles. The number of amides is 1. The van der Waals surface area contributed by atoms with Gasteiger partial charge in [-0.2, -0.15) is 0 Å². The van der Waals surface area contributed by atoms with Crippen molar-refractivity contribution in [1.82, 2.24) is 4.98 Å². The predicted octanol–water partition coefficient (Wildman–Crippen LogP) is 5.37. The number of benzene rings is 2. The highest BCUT2D eigenvalue weighted by Crippen LogP contribution is 2.29. The zero-order valence-electron chi connectivity index (χ0n) is 16.3. The zero-order chi connectivity index (χ0) is 19.6. The monoisotopic (exact) mass is 380 g/mol. The lowest BCUT2D eigenvalue weighted by Gasteiger charge is -2.11. The molecule has 5 heteroatoms. The minimum absolute atomic E-state index is 0.0384. The minimum atomic E-state index is -0.213. The Labute approximate surface area is 164 Å². The molecule has 1 heterocycles. The molecule has 2 aromatic carbocycles. The number of anilines is 1. The number of rotatable bonds is 5. The van der Waals surface area contributed by atoms with Gasteiger partial charge in [-0.15, -0.1) is 11.3 Å². The summed E-state index contributed by atoms with van der Waals surface area (Å²) in [7, 11) is 0. The van der Waals surface area contributed by atoms with Crippen LogP contribution in [0.4, 0.5) is 5.13 Å². The highest BCUT2D eigenvalue weighted by Gasteiger charge is 2.12. The lowest BCUT2D eigenvalue weighted by atomic mass is 9.99. The van der Waals surface area contributed by atoms with Crippen LogP contribution in [0.15, 0.2) is 35.7 Å². The second kappa shape index (κ2) is 7.92. The molecule has 0 unspecified atom stereocenters. The Hall–Kier alpha value is -2.66. The summed E-state index contributed by atoms with van der Waals surface area (Å²) in [5.41, 5.74) is 7.70. The van der Waals surface area contributed by atoms with Gasteiger partial charge < -0.3 is 4.74 Å². The summed E-state index contributed by atoms with van der Waals surface area (Å²) in [6, 6.07) is 10.2. The molecular weight excluding hydrogens is 356 g/mol. The topological polar surface area (TPSA) is 51.2 Å². The zero-order valence-corrected chi connectivity index (χ0v) is 17.2. The average molecular weight is 381 g/mol. The number of ether oxygens (including phenoxy) is 1. The van der Waals surface area contributed by atoms with Gasteiger partial charge in [0, 0.05) is 10.9 Å². The quantitative estimate of drug-likeness (QED) is 0.647. The molecule has 0 spiro atoms. The molecule has 0 atom stereocenters. The van der Waals surface area contributed by atoms with E-state index in [4.69, 9.17) is 4.74 Å². The lowest BCUT2D eigenvalue weighted by Crippen LogP contribution is -2.20. The van der Waals surface area contributed by atoms with Crippen LogP contribution in [0.1, 0.15) is 27.8 Å². The molecule has 4 nitrogen and oxygen atoms in total. The van der Waals surface area contributed by atoms with Gasteiger partial charge >= 0.3 is 0 Å². The second-order valence-corrected chi connectivity index (χ2v) is 7.71. The number of hydrogen-bond acceptors (Lipinski definition) is 4. The number of aryl methyl sites for hydroxylation is 5. The van der Waals surface area contributed by atoms with Crippen molar-refractivity contribution >= 4 is 22.4 Å². The third-order valence-electron chi connectivity index (χ3n) is 4.62. The van der Waals surface area contributed by atoms with Crippen molar-refractivity contribution in [3.63, 3.8) is 0 Å². The van der Waals surface area contributed by atoms with E-state index in [1.54, 1.807) is 0 Å². The molecule has 1 N–H and O–H groups in total. The number of hydrogen-bond donors (Lipinski definition) is 1. The maximum Gasteiger partial charge on any atom is 0.264 e. The normalized spacial score (nSPS) is 10.7. The van der Waals surface area contributed by atoms with Crippen LogP contribution in [0.5, 0.6) is 5.75 Å². The smallest absolute Gasteiger partial charge is 0.264 e. The van der Waals surface area contributed by atoms with Gasteiger partial charge in [0.1, 0.15) is 5.75 Å². The van der Waals surface area contributed by atoms with Gasteiger partial charge in [-0.25, -0.2) is 4.98 Å². The number of thiazole rings is 1. The first-order valence-electron chi connectivity index (χ1n) is 8.87. The summed E-state index contributed by atoms with van der Waals surface area (Å²) in [4.78, 5) is 16.8. The van der Waals surface area contributed by atoms with Crippen molar-refractivity contribution in [2.75, 3.05) is 11.9 Å². The van der Waals surface area contributed by atoms with E-state index in [1.807, 2.05) is 37.4 Å². The van der Waals surface area contributed by atoms with E-state index in [0.717, 1.165) is 28.1 Å². The van der Waals surface area contributed by atoms with Gasteiger partial charge in [-0.05, 0) is 68.5 Å². The van der Waals surface area contributed by atoms with E-state index in [2.05, 4.69) is 43.2 Å². The molecule has 0 aliphatic rings. The summed E-state index contributed by atoms with van der Waals surface area (Å²) in [6.45, 7) is 10.2. The summed E-state index contributed by atoms with van der Waals surface area (Å²) in [5.74, 6) is 0.550. The number of carbonyl (C=O) groups excluding carboxylic acids is 1. The van der Waals surface area contributed by atoms with Crippen LogP contribution in [-0.2, 0) is 4.79 Å². The fourth-order valence-corrected chi connectivity index (χ4v) is 3.74. The van der Waals surface area contributed by atoms with E-state index < -0.39 is 0 Å². The van der Waals surface area contributed by atoms with Gasteiger partial charge in [-0.1, -0.05) is 24.3 Å². The Morgan fingerprint density at radius 1 is 1.00 bits per heavy atom. The molecule has 0 radical (unpaired) electrons. The van der Waals surface area contributed by atoms with Crippen LogP contribution in [0.2, 0.25) is 0 Å². The first-order chi connectivity index (χ1) is 12.8. The van der Waals surface area contributed by atoms with Crippen LogP contribution in [-0.4, -0.2) is 17.5 Å². The maximum atomic E-state index is 12.3. The van der Waals surface area contributed by atoms with Gasteiger partial charge in [0.05, 0.1) is 5.69 Å². The maximum absolute atomic E-state index is 12.3. The second-order valence-electron chi connectivity index (χ2n) is 6.85. The van der Waals surface area contributed by atoms with Crippen LogP contribution < -0.4 is 10.1 Å². The number of aromatic nitrogens is 1. The number of para-hydroxylation sites is 1. The standard InChI is InChI=1S/C22H24N2O2S/c1-13-7-6-8-14(2)21(13)26-11-20(25)24-22-23-19(12-27-22)18-10-16(4)15(3)9-17(18)5/h6-10,12H,11H2,1-5H3,(H,23,24,25). The first kappa shape index (κ1) is 19.1. The summed E-state index contributed by atoms with van der Waals surface area (Å²) in [5, 5.41) is 5.38. The molecular formula is C22H24N2O2S. The van der Waals surface area contributed by atoms with E-state index >= 15 is 0 Å². The van der Waals surface area contributed by atoms with Crippen molar-refractivity contribution in [3.8, 4) is 17.0 Å². The summed E-state index contributed by atoms with van der Waals surface area (Å²) >= 11 is 1.42. The minimum Gasteiger partial charge on any atom is -0.483 e. The molecule has 3 aromatic rings. The van der Waals surface area contributed by atoms with Gasteiger partial charge in [0.25, 0.3) is 5.91 Å². The number of carbonyl (C=O) groups is 1. The van der Waals surface area contributed by atoms with E-state index in [0.29, 0.717) is 5.13 Å². The van der Waals surface area contributed by atoms with Gasteiger partial charge in [0.15, 0.2) is 11.7 Å². The van der Waals surface area contributed by atoms with Gasteiger partial charge in [-0.3, -0.25) is 10.1 Å². The van der Waals surface area contributed by atoms with E-state index in [9.17, 15) is 4.79 Å². The first-order valence-corrected chi connectivity index (χ1v) is 9.75. The van der Waals surface area contributed by atoms with Gasteiger partial charge in [0.2, 0.25) is 0 Å². The van der Waals surface area contributed by atoms with Crippen molar-refractivity contribution in [3.05, 3.63) is 63.5 Å². The fourth-order valence-electron chi connectivity index (χ4n) is 3.01. The number of nitrogens with zero attached hydrogens (tertiary/aromatic N) is 1. The molecule has 1 aromatic heterocycles. The lowest BCUT2D eigenvalue weighted by molar-refractivity contribution is -0.118. The molecule has 0 aliphatic carbocycles. The van der Waals surface area contributed by atoms with Crippen LogP contribution in [0.3, 0.4) is 0 Å². The van der Waals surface area contributed by atoms with Crippen LogP contribution in [0.25, 0.3) is 11.3 Å². The predicted molar refractivity (Wildman–Crippen MR) is 112 cm³/mol. The Morgan fingerprint density at radius 2 is 1.67 bits per heavy atom. The highest BCUT2D eigenvalue weighted by atomic mass is 32.1. The molecule has 3 rings (SSSR count). The third kappa shape index (κ3) is 4.37. The van der Waals surface area contributed by atoms with Crippen molar-refractivity contribution in [1.29, 1.82) is 0 Å². The third-order valence-corrected chi connectivity index (χ3v) is 5.38. The van der Waals surface area contributed by atoms with Crippen molar-refractivity contribution in [2.24, 2.45) is 0 Å². The molecule has 1 amide bonds. The fraction of sp³-hybridized carbons (Fsp3) is 0.273. The Morgan fingerprint density at radius 3 is 2.37 bits per heavy atom. The SMILES string of the molecule is Cc1cc(C)c(-c2csc(NC(=O)COc3c(C)cccc3C)n2)cc1C. The average Bonchev–Trinajstić information content (AvgIpc) is 3.05. The van der Waals surface area contributed by atoms with Crippen LogP contribution in [0, 0.1) is 34.6 Å². The Bertz CT molecular complexity index is 972. The number of nitrogens with one attached hydrogen (secondary N) is 1. The molecule has 0 saturated heterocycles. The molecule has 0 bridgehead atoms. The Balaban J connectivity index is 1.67.